The number of methoxy groups -OCH3 is 1. The number of hydrogen-bond donors (Lipinski definition) is 2. The third-order valence-electron chi connectivity index (χ3n) is 4.81. The second-order valence-corrected chi connectivity index (χ2v) is 6.52. The molecule has 0 saturated heterocycles. The Morgan fingerprint density at radius 2 is 2.12 bits per heavy atom. The van der Waals surface area contributed by atoms with Gasteiger partial charge in [0, 0.05) is 5.92 Å². The maximum Gasteiger partial charge on any atom is 0.223 e. The molecule has 1 aliphatic carbocycles. The number of amides is 1. The zero-order chi connectivity index (χ0) is 17.5. The lowest BCUT2D eigenvalue weighted by molar-refractivity contribution is -0.126. The Balaban J connectivity index is 0.00000312. The largest absolute Gasteiger partial charge is 0.493 e. The molecule has 142 valence electrons. The van der Waals surface area contributed by atoms with Gasteiger partial charge in [-0.05, 0) is 56.3 Å². The van der Waals surface area contributed by atoms with Gasteiger partial charge < -0.3 is 20.5 Å². The molecular formula is C19H31ClN2O3. The third kappa shape index (κ3) is 5.51. The minimum Gasteiger partial charge on any atom is -0.493 e. The Hall–Kier alpha value is -1.46. The first-order valence-corrected chi connectivity index (χ1v) is 8.91. The zero-order valence-corrected chi connectivity index (χ0v) is 16.2. The van der Waals surface area contributed by atoms with Gasteiger partial charge in [-0.2, -0.15) is 0 Å². The molecule has 5 nitrogen and oxygen atoms in total. The van der Waals surface area contributed by atoms with Gasteiger partial charge in [-0.1, -0.05) is 19.4 Å². The van der Waals surface area contributed by atoms with Crippen LogP contribution in [0.15, 0.2) is 18.2 Å². The minimum atomic E-state index is -0.0781. The van der Waals surface area contributed by atoms with E-state index in [0.29, 0.717) is 24.8 Å². The van der Waals surface area contributed by atoms with Crippen molar-refractivity contribution < 1.29 is 14.3 Å². The van der Waals surface area contributed by atoms with Crippen molar-refractivity contribution >= 4 is 18.3 Å². The number of carbonyl (C=O) groups excluding carboxylic acids is 1. The van der Waals surface area contributed by atoms with Crippen LogP contribution in [0.4, 0.5) is 0 Å². The molecule has 1 saturated carbocycles. The molecule has 1 fully saturated rings. The molecule has 1 unspecified atom stereocenters. The summed E-state index contributed by atoms with van der Waals surface area (Å²) in [6.45, 7) is 5.30. The molecule has 0 heterocycles. The summed E-state index contributed by atoms with van der Waals surface area (Å²) >= 11 is 0. The lowest BCUT2D eigenvalue weighted by Crippen LogP contribution is -2.36. The van der Waals surface area contributed by atoms with E-state index >= 15 is 0 Å². The summed E-state index contributed by atoms with van der Waals surface area (Å²) in [6, 6.07) is 5.74. The summed E-state index contributed by atoms with van der Waals surface area (Å²) < 4.78 is 11.1. The normalized spacial score (nSPS) is 20.5. The van der Waals surface area contributed by atoms with Gasteiger partial charge in [0.1, 0.15) is 0 Å². The van der Waals surface area contributed by atoms with E-state index in [1.54, 1.807) is 7.11 Å². The molecule has 0 aromatic heterocycles. The van der Waals surface area contributed by atoms with Crippen molar-refractivity contribution in [3.8, 4) is 11.5 Å². The Bertz CT molecular complexity index is 553. The van der Waals surface area contributed by atoms with Gasteiger partial charge in [0.15, 0.2) is 11.5 Å². The van der Waals surface area contributed by atoms with Crippen LogP contribution >= 0.6 is 12.4 Å². The lowest BCUT2D eigenvalue weighted by Gasteiger charge is -2.22. The molecule has 0 aliphatic heterocycles. The summed E-state index contributed by atoms with van der Waals surface area (Å²) in [4.78, 5) is 12.5. The number of rotatable bonds is 8. The minimum absolute atomic E-state index is 0. The van der Waals surface area contributed by atoms with Crippen molar-refractivity contribution in [2.75, 3.05) is 20.3 Å². The molecule has 6 heteroatoms. The van der Waals surface area contributed by atoms with Crippen molar-refractivity contribution in [1.29, 1.82) is 0 Å². The van der Waals surface area contributed by atoms with Crippen molar-refractivity contribution in [1.82, 2.24) is 5.32 Å². The summed E-state index contributed by atoms with van der Waals surface area (Å²) in [7, 11) is 1.63. The van der Waals surface area contributed by atoms with Gasteiger partial charge >= 0.3 is 0 Å². The van der Waals surface area contributed by atoms with E-state index < -0.39 is 0 Å². The third-order valence-corrected chi connectivity index (χ3v) is 4.81. The van der Waals surface area contributed by atoms with E-state index in [0.717, 1.165) is 37.0 Å². The Labute approximate surface area is 157 Å². The maximum atomic E-state index is 12.5. The highest BCUT2D eigenvalue weighted by molar-refractivity contribution is 5.85. The second-order valence-electron chi connectivity index (χ2n) is 6.52. The van der Waals surface area contributed by atoms with E-state index in [-0.39, 0.29) is 30.3 Å². The second kappa shape index (κ2) is 10.5. The highest BCUT2D eigenvalue weighted by atomic mass is 35.5. The zero-order valence-electron chi connectivity index (χ0n) is 15.4. The molecule has 2 rings (SSSR count). The van der Waals surface area contributed by atoms with Crippen LogP contribution in [0.5, 0.6) is 11.5 Å². The smallest absolute Gasteiger partial charge is 0.223 e. The van der Waals surface area contributed by atoms with Crippen LogP contribution in [0.2, 0.25) is 0 Å². The summed E-state index contributed by atoms with van der Waals surface area (Å²) in [5.41, 5.74) is 6.79. The van der Waals surface area contributed by atoms with Crippen molar-refractivity contribution in [2.45, 2.75) is 45.6 Å². The van der Waals surface area contributed by atoms with Gasteiger partial charge in [0.05, 0.1) is 19.8 Å². The van der Waals surface area contributed by atoms with Crippen LogP contribution in [0.3, 0.4) is 0 Å². The fraction of sp³-hybridized carbons (Fsp3) is 0.632. The number of benzene rings is 1. The Morgan fingerprint density at radius 1 is 1.36 bits per heavy atom. The molecule has 1 amide bonds. The van der Waals surface area contributed by atoms with Crippen LogP contribution in [0.1, 0.15) is 51.1 Å². The molecule has 1 aromatic rings. The van der Waals surface area contributed by atoms with Crippen molar-refractivity contribution in [2.24, 2.45) is 17.6 Å². The first-order valence-electron chi connectivity index (χ1n) is 8.91. The highest BCUT2D eigenvalue weighted by Crippen LogP contribution is 2.33. The predicted molar refractivity (Wildman–Crippen MR) is 102 cm³/mol. The predicted octanol–water partition coefficient (Wildman–Crippen LogP) is 3.46. The molecule has 0 radical (unpaired) electrons. The molecule has 25 heavy (non-hydrogen) atoms. The number of nitrogens with two attached hydrogens (primary N) is 1. The van der Waals surface area contributed by atoms with Crippen LogP contribution in [0.25, 0.3) is 0 Å². The van der Waals surface area contributed by atoms with E-state index in [1.807, 2.05) is 25.1 Å². The monoisotopic (exact) mass is 370 g/mol. The van der Waals surface area contributed by atoms with Crippen LogP contribution < -0.4 is 20.5 Å². The molecule has 0 bridgehead atoms. The SMILES string of the molecule is CCCOc1ccc(C(C)NC(=O)[C@@H]2CCC[C@@H]2CN)cc1OC.Cl. The van der Waals surface area contributed by atoms with Crippen LogP contribution in [-0.2, 0) is 4.79 Å². The van der Waals surface area contributed by atoms with Gasteiger partial charge in [-0.25, -0.2) is 0 Å². The van der Waals surface area contributed by atoms with Gasteiger partial charge in [0.25, 0.3) is 0 Å². The van der Waals surface area contributed by atoms with Crippen LogP contribution in [0, 0.1) is 11.8 Å². The molecular weight excluding hydrogens is 340 g/mol. The fourth-order valence-electron chi connectivity index (χ4n) is 3.35. The average Bonchev–Trinajstić information content (AvgIpc) is 3.08. The number of ether oxygens (including phenoxy) is 2. The molecule has 1 aromatic carbocycles. The average molecular weight is 371 g/mol. The Morgan fingerprint density at radius 3 is 2.76 bits per heavy atom. The number of carbonyl (C=O) groups is 1. The fourth-order valence-corrected chi connectivity index (χ4v) is 3.35. The van der Waals surface area contributed by atoms with Gasteiger partial charge in [-0.15, -0.1) is 12.4 Å². The van der Waals surface area contributed by atoms with Crippen molar-refractivity contribution in [3.63, 3.8) is 0 Å². The van der Waals surface area contributed by atoms with Gasteiger partial charge in [0.2, 0.25) is 5.91 Å². The molecule has 3 atom stereocenters. The summed E-state index contributed by atoms with van der Waals surface area (Å²) in [6.07, 6.45) is 4.03. The van der Waals surface area contributed by atoms with E-state index in [9.17, 15) is 4.79 Å². The first-order chi connectivity index (χ1) is 11.6. The quantitative estimate of drug-likeness (QED) is 0.734. The van der Waals surface area contributed by atoms with E-state index in [1.165, 1.54) is 0 Å². The Kier molecular flexibility index (Phi) is 9.08. The number of nitrogens with one attached hydrogen (secondary N) is 1. The van der Waals surface area contributed by atoms with E-state index in [2.05, 4.69) is 12.2 Å². The lowest BCUT2D eigenvalue weighted by atomic mass is 9.94. The molecule has 0 spiro atoms. The molecule has 3 N–H and O–H groups in total. The summed E-state index contributed by atoms with van der Waals surface area (Å²) in [5.74, 6) is 1.91. The maximum absolute atomic E-state index is 12.5. The molecule has 1 aliphatic rings. The number of hydrogen-bond acceptors (Lipinski definition) is 4. The number of halogens is 1. The highest BCUT2D eigenvalue weighted by Gasteiger charge is 2.32. The van der Waals surface area contributed by atoms with Gasteiger partial charge in [-0.3, -0.25) is 4.79 Å². The summed E-state index contributed by atoms with van der Waals surface area (Å²) in [5, 5.41) is 3.13. The standard InChI is InChI=1S/C19H30N2O3.ClH/c1-4-10-24-17-9-8-14(11-18(17)23-3)13(2)21-19(22)16-7-5-6-15(16)12-20;/h8-9,11,13,15-16H,4-7,10,12,20H2,1-3H3,(H,21,22);1H/t13?,15-,16-;/m1./s1. The van der Waals surface area contributed by atoms with Crippen molar-refractivity contribution in [3.05, 3.63) is 23.8 Å². The van der Waals surface area contributed by atoms with E-state index in [4.69, 9.17) is 15.2 Å². The topological polar surface area (TPSA) is 73.6 Å². The first kappa shape index (κ1) is 21.6. The van der Waals surface area contributed by atoms with Crippen LogP contribution in [-0.4, -0.2) is 26.2 Å².